The molecule has 3 aromatic rings. The SMILES string of the molecule is OC1(c2ccc(Cl)cc2)CCN(C2c3ccccc3CC2Cc2ccc(Cl)cc2Cl)CC1. The summed E-state index contributed by atoms with van der Waals surface area (Å²) in [6.07, 6.45) is 3.37. The number of aliphatic hydroxyl groups is 1. The molecule has 2 unspecified atom stereocenters. The van der Waals surface area contributed by atoms with Gasteiger partial charge in [-0.1, -0.05) is 77.3 Å². The summed E-state index contributed by atoms with van der Waals surface area (Å²) >= 11 is 18.7. The molecule has 0 amide bonds. The van der Waals surface area contributed by atoms with E-state index in [2.05, 4.69) is 35.2 Å². The van der Waals surface area contributed by atoms with Gasteiger partial charge in [0, 0.05) is 34.2 Å². The van der Waals surface area contributed by atoms with E-state index in [0.29, 0.717) is 34.8 Å². The zero-order valence-electron chi connectivity index (χ0n) is 17.8. The summed E-state index contributed by atoms with van der Waals surface area (Å²) in [6.45, 7) is 1.70. The number of hydrogen-bond donors (Lipinski definition) is 1. The first-order valence-corrected chi connectivity index (χ1v) is 12.3. The maximum Gasteiger partial charge on any atom is 0.0920 e. The van der Waals surface area contributed by atoms with E-state index in [-0.39, 0.29) is 0 Å². The van der Waals surface area contributed by atoms with Gasteiger partial charge in [0.1, 0.15) is 0 Å². The summed E-state index contributed by atoms with van der Waals surface area (Å²) in [7, 11) is 0. The van der Waals surface area contributed by atoms with Gasteiger partial charge in [-0.15, -0.1) is 0 Å². The van der Waals surface area contributed by atoms with E-state index in [1.807, 2.05) is 36.4 Å². The lowest BCUT2D eigenvalue weighted by Gasteiger charge is -2.43. The van der Waals surface area contributed by atoms with Gasteiger partial charge in [-0.05, 0) is 78.1 Å². The Labute approximate surface area is 204 Å². The lowest BCUT2D eigenvalue weighted by Crippen LogP contribution is -2.45. The topological polar surface area (TPSA) is 23.5 Å². The Morgan fingerprint density at radius 2 is 1.56 bits per heavy atom. The number of nitrogens with zero attached hydrogens (tertiary/aromatic N) is 1. The number of likely N-dealkylation sites (tertiary alicyclic amines) is 1. The predicted molar refractivity (Wildman–Crippen MR) is 133 cm³/mol. The highest BCUT2D eigenvalue weighted by Gasteiger charge is 2.41. The fourth-order valence-corrected chi connectivity index (χ4v) is 6.14. The highest BCUT2D eigenvalue weighted by atomic mass is 35.5. The zero-order chi connectivity index (χ0) is 22.3. The molecule has 1 aliphatic heterocycles. The first kappa shape index (κ1) is 22.3. The Bertz CT molecular complexity index is 1110. The molecule has 166 valence electrons. The Morgan fingerprint density at radius 3 is 2.28 bits per heavy atom. The third-order valence-electron chi connectivity index (χ3n) is 7.20. The van der Waals surface area contributed by atoms with Crippen LogP contribution in [0.2, 0.25) is 15.1 Å². The molecule has 1 heterocycles. The Hall–Kier alpha value is -1.55. The number of halogens is 3. The van der Waals surface area contributed by atoms with Crippen molar-refractivity contribution in [2.75, 3.05) is 13.1 Å². The van der Waals surface area contributed by atoms with E-state index < -0.39 is 5.60 Å². The van der Waals surface area contributed by atoms with E-state index in [1.54, 1.807) is 0 Å². The van der Waals surface area contributed by atoms with Crippen molar-refractivity contribution in [2.24, 2.45) is 5.92 Å². The molecule has 32 heavy (non-hydrogen) atoms. The van der Waals surface area contributed by atoms with Crippen LogP contribution >= 0.6 is 34.8 Å². The van der Waals surface area contributed by atoms with E-state index >= 15 is 0 Å². The Balaban J connectivity index is 1.38. The normalized spacial score (nSPS) is 22.6. The highest BCUT2D eigenvalue weighted by molar-refractivity contribution is 6.35. The molecule has 0 spiro atoms. The van der Waals surface area contributed by atoms with Gasteiger partial charge in [0.15, 0.2) is 0 Å². The Morgan fingerprint density at radius 1 is 0.875 bits per heavy atom. The standard InChI is InChI=1S/C27H26Cl3NO/c28-22-9-6-21(7-10-22)27(32)11-13-31(14-12-27)26-20(15-18-3-1-2-4-24(18)26)16-19-5-8-23(29)17-25(19)30/h1-10,17,20,26,32H,11-16H2. The van der Waals surface area contributed by atoms with Gasteiger partial charge in [-0.2, -0.15) is 0 Å². The minimum Gasteiger partial charge on any atom is -0.385 e. The molecular weight excluding hydrogens is 461 g/mol. The van der Waals surface area contributed by atoms with Crippen LogP contribution in [0.15, 0.2) is 66.7 Å². The van der Waals surface area contributed by atoms with E-state index in [0.717, 1.165) is 42.1 Å². The number of rotatable bonds is 4. The van der Waals surface area contributed by atoms with Crippen LogP contribution in [0, 0.1) is 5.92 Å². The highest BCUT2D eigenvalue weighted by Crippen LogP contribution is 2.45. The quantitative estimate of drug-likeness (QED) is 0.425. The molecule has 2 aliphatic rings. The maximum atomic E-state index is 11.4. The fourth-order valence-electron chi connectivity index (χ4n) is 5.53. The van der Waals surface area contributed by atoms with Crippen LogP contribution < -0.4 is 0 Å². The summed E-state index contributed by atoms with van der Waals surface area (Å²) in [5.74, 6) is 0.438. The molecule has 0 saturated carbocycles. The van der Waals surface area contributed by atoms with Crippen LogP contribution in [0.3, 0.4) is 0 Å². The first-order chi connectivity index (χ1) is 15.4. The summed E-state index contributed by atoms with van der Waals surface area (Å²) in [6, 6.07) is 22.6. The number of hydrogen-bond acceptors (Lipinski definition) is 2. The predicted octanol–water partition coefficient (Wildman–Crippen LogP) is 7.09. The van der Waals surface area contributed by atoms with Crippen molar-refractivity contribution in [3.8, 4) is 0 Å². The lowest BCUT2D eigenvalue weighted by molar-refractivity contribution is -0.0411. The fraction of sp³-hybridized carbons (Fsp3) is 0.333. The van der Waals surface area contributed by atoms with Crippen LogP contribution in [0.4, 0.5) is 0 Å². The molecule has 0 bridgehead atoms. The van der Waals surface area contributed by atoms with Crippen molar-refractivity contribution >= 4 is 34.8 Å². The van der Waals surface area contributed by atoms with Crippen LogP contribution in [-0.4, -0.2) is 23.1 Å². The van der Waals surface area contributed by atoms with Crippen molar-refractivity contribution in [1.29, 1.82) is 0 Å². The molecule has 0 aromatic heterocycles. The smallest absolute Gasteiger partial charge is 0.0920 e. The summed E-state index contributed by atoms with van der Waals surface area (Å²) in [5, 5.41) is 13.5. The molecule has 5 rings (SSSR count). The summed E-state index contributed by atoms with van der Waals surface area (Å²) in [5.41, 5.74) is 4.14. The second-order valence-electron chi connectivity index (χ2n) is 9.12. The van der Waals surface area contributed by atoms with E-state index in [1.165, 1.54) is 11.1 Å². The van der Waals surface area contributed by atoms with Crippen LogP contribution in [0.1, 0.15) is 41.1 Å². The molecule has 1 fully saturated rings. The van der Waals surface area contributed by atoms with Crippen molar-refractivity contribution in [3.63, 3.8) is 0 Å². The van der Waals surface area contributed by atoms with Crippen LogP contribution in [0.25, 0.3) is 0 Å². The molecule has 1 aliphatic carbocycles. The zero-order valence-corrected chi connectivity index (χ0v) is 20.0. The minimum absolute atomic E-state index is 0.327. The summed E-state index contributed by atoms with van der Waals surface area (Å²) in [4.78, 5) is 2.56. The number of benzene rings is 3. The molecule has 1 saturated heterocycles. The third-order valence-corrected chi connectivity index (χ3v) is 8.04. The lowest BCUT2D eigenvalue weighted by atomic mass is 9.82. The molecular formula is C27H26Cl3NO. The maximum absolute atomic E-state index is 11.4. The van der Waals surface area contributed by atoms with Gasteiger partial charge in [-0.25, -0.2) is 0 Å². The van der Waals surface area contributed by atoms with Gasteiger partial charge in [0.2, 0.25) is 0 Å². The van der Waals surface area contributed by atoms with Gasteiger partial charge in [0.25, 0.3) is 0 Å². The van der Waals surface area contributed by atoms with Gasteiger partial charge in [-0.3, -0.25) is 4.90 Å². The average molecular weight is 487 g/mol. The molecule has 5 heteroatoms. The molecule has 1 N–H and O–H groups in total. The largest absolute Gasteiger partial charge is 0.385 e. The second kappa shape index (κ2) is 9.00. The van der Waals surface area contributed by atoms with Crippen molar-refractivity contribution in [3.05, 3.63) is 104 Å². The second-order valence-corrected chi connectivity index (χ2v) is 10.4. The van der Waals surface area contributed by atoms with Crippen molar-refractivity contribution in [1.82, 2.24) is 4.90 Å². The average Bonchev–Trinajstić information content (AvgIpc) is 3.15. The molecule has 2 atom stereocenters. The third kappa shape index (κ3) is 4.32. The van der Waals surface area contributed by atoms with Gasteiger partial charge in [0.05, 0.1) is 5.60 Å². The molecule has 3 aromatic carbocycles. The van der Waals surface area contributed by atoms with Crippen LogP contribution in [0.5, 0.6) is 0 Å². The molecule has 0 radical (unpaired) electrons. The number of fused-ring (bicyclic) bond motifs is 1. The van der Waals surface area contributed by atoms with Crippen molar-refractivity contribution < 1.29 is 5.11 Å². The van der Waals surface area contributed by atoms with Crippen molar-refractivity contribution in [2.45, 2.75) is 37.3 Å². The van der Waals surface area contributed by atoms with Gasteiger partial charge >= 0.3 is 0 Å². The van der Waals surface area contributed by atoms with Crippen LogP contribution in [-0.2, 0) is 18.4 Å². The Kier molecular flexibility index (Phi) is 6.26. The summed E-state index contributed by atoms with van der Waals surface area (Å²) < 4.78 is 0. The number of piperidine rings is 1. The van der Waals surface area contributed by atoms with E-state index in [4.69, 9.17) is 34.8 Å². The monoisotopic (exact) mass is 485 g/mol. The first-order valence-electron chi connectivity index (χ1n) is 11.2. The van der Waals surface area contributed by atoms with E-state index in [9.17, 15) is 5.11 Å². The minimum atomic E-state index is -0.797. The molecule has 2 nitrogen and oxygen atoms in total. The van der Waals surface area contributed by atoms with Gasteiger partial charge < -0.3 is 5.11 Å².